The van der Waals surface area contributed by atoms with E-state index in [0.29, 0.717) is 5.76 Å². The van der Waals surface area contributed by atoms with Crippen molar-refractivity contribution in [1.29, 1.82) is 0 Å². The van der Waals surface area contributed by atoms with E-state index in [4.69, 9.17) is 4.42 Å². The van der Waals surface area contributed by atoms with Gasteiger partial charge < -0.3 is 9.73 Å². The summed E-state index contributed by atoms with van der Waals surface area (Å²) in [6, 6.07) is 7.37. The zero-order valence-electron chi connectivity index (χ0n) is 13.7. The van der Waals surface area contributed by atoms with Crippen molar-refractivity contribution in [2.45, 2.75) is 26.8 Å². The number of furan rings is 1. The van der Waals surface area contributed by atoms with Crippen molar-refractivity contribution in [3.05, 3.63) is 35.6 Å². The molecule has 1 heterocycles. The van der Waals surface area contributed by atoms with E-state index in [-0.39, 0.29) is 18.5 Å². The third-order valence-electron chi connectivity index (χ3n) is 3.64. The van der Waals surface area contributed by atoms with Crippen LogP contribution in [0.25, 0.3) is 11.0 Å². The maximum atomic E-state index is 12.0. The summed E-state index contributed by atoms with van der Waals surface area (Å²) < 4.78 is 30.3. The van der Waals surface area contributed by atoms with E-state index in [2.05, 4.69) is 10.0 Å². The number of benzene rings is 1. The first-order chi connectivity index (χ1) is 10.7. The van der Waals surface area contributed by atoms with Crippen molar-refractivity contribution in [2.24, 2.45) is 5.92 Å². The van der Waals surface area contributed by atoms with Gasteiger partial charge in [-0.1, -0.05) is 32.0 Å². The molecule has 0 fully saturated rings. The number of sulfonamides is 1. The Morgan fingerprint density at radius 3 is 2.48 bits per heavy atom. The second-order valence-corrected chi connectivity index (χ2v) is 7.80. The largest absolute Gasteiger partial charge is 0.459 e. The zero-order chi connectivity index (χ0) is 17.2. The van der Waals surface area contributed by atoms with Crippen LogP contribution in [0.2, 0.25) is 0 Å². The zero-order valence-corrected chi connectivity index (χ0v) is 14.5. The lowest BCUT2D eigenvalue weighted by molar-refractivity contribution is -0.121. The summed E-state index contributed by atoms with van der Waals surface area (Å²) in [5.41, 5.74) is 1.75. The van der Waals surface area contributed by atoms with Crippen LogP contribution >= 0.6 is 0 Å². The molecule has 0 aliphatic heterocycles. The molecule has 0 bridgehead atoms. The SMILES string of the molecule is Cc1c(C(NC(=O)CNS(C)(=O)=O)C(C)C)oc2ccccc12. The average Bonchev–Trinajstić information content (AvgIpc) is 2.79. The summed E-state index contributed by atoms with van der Waals surface area (Å²) in [7, 11) is -3.40. The molecular weight excluding hydrogens is 316 g/mol. The fourth-order valence-electron chi connectivity index (χ4n) is 2.45. The van der Waals surface area contributed by atoms with Gasteiger partial charge in [0.25, 0.3) is 0 Å². The van der Waals surface area contributed by atoms with Crippen molar-refractivity contribution in [3.8, 4) is 0 Å². The predicted molar refractivity (Wildman–Crippen MR) is 89.5 cm³/mol. The number of fused-ring (bicyclic) bond motifs is 1. The Morgan fingerprint density at radius 1 is 1.26 bits per heavy atom. The monoisotopic (exact) mass is 338 g/mol. The van der Waals surface area contributed by atoms with Gasteiger partial charge in [0.05, 0.1) is 18.8 Å². The molecule has 1 unspecified atom stereocenters. The number of hydrogen-bond acceptors (Lipinski definition) is 4. The number of carbonyl (C=O) groups excluding carboxylic acids is 1. The molecular formula is C16H22N2O4S. The normalized spacial score (nSPS) is 13.4. The van der Waals surface area contributed by atoms with E-state index in [0.717, 1.165) is 22.8 Å². The Kier molecular flexibility index (Phi) is 5.11. The lowest BCUT2D eigenvalue weighted by Crippen LogP contribution is -2.39. The fraction of sp³-hybridized carbons (Fsp3) is 0.438. The molecule has 1 amide bonds. The number of carbonyl (C=O) groups is 1. The molecule has 0 saturated heterocycles. The number of rotatable bonds is 6. The molecule has 7 heteroatoms. The van der Waals surface area contributed by atoms with E-state index >= 15 is 0 Å². The van der Waals surface area contributed by atoms with Gasteiger partial charge in [0, 0.05) is 10.9 Å². The maximum Gasteiger partial charge on any atom is 0.235 e. The molecule has 0 spiro atoms. The van der Waals surface area contributed by atoms with Gasteiger partial charge in [0.2, 0.25) is 15.9 Å². The fourth-order valence-corrected chi connectivity index (χ4v) is 2.84. The molecule has 0 aliphatic carbocycles. The van der Waals surface area contributed by atoms with Crippen LogP contribution in [-0.2, 0) is 14.8 Å². The third kappa shape index (κ3) is 4.33. The molecule has 0 saturated carbocycles. The summed E-state index contributed by atoms with van der Waals surface area (Å²) in [6.07, 6.45) is 1.02. The molecule has 0 aliphatic rings. The van der Waals surface area contributed by atoms with Crippen LogP contribution in [-0.4, -0.2) is 27.1 Å². The Hall–Kier alpha value is -1.86. The van der Waals surface area contributed by atoms with Gasteiger partial charge in [0.1, 0.15) is 11.3 Å². The van der Waals surface area contributed by atoms with Crippen LogP contribution in [0, 0.1) is 12.8 Å². The number of aryl methyl sites for hydroxylation is 1. The molecule has 2 rings (SSSR count). The van der Waals surface area contributed by atoms with E-state index in [1.165, 1.54) is 0 Å². The van der Waals surface area contributed by atoms with Crippen molar-refractivity contribution < 1.29 is 17.6 Å². The highest BCUT2D eigenvalue weighted by Gasteiger charge is 2.25. The second-order valence-electron chi connectivity index (χ2n) is 5.97. The van der Waals surface area contributed by atoms with Crippen LogP contribution in [0.15, 0.2) is 28.7 Å². The molecule has 1 atom stereocenters. The molecule has 2 N–H and O–H groups in total. The number of amides is 1. The molecule has 0 radical (unpaired) electrons. The van der Waals surface area contributed by atoms with Gasteiger partial charge in [-0.15, -0.1) is 0 Å². The lowest BCUT2D eigenvalue weighted by atomic mass is 9.98. The Morgan fingerprint density at radius 2 is 1.91 bits per heavy atom. The summed E-state index contributed by atoms with van der Waals surface area (Å²) in [4.78, 5) is 12.0. The maximum absolute atomic E-state index is 12.0. The predicted octanol–water partition coefficient (Wildman–Crippen LogP) is 2.10. The number of nitrogens with one attached hydrogen (secondary N) is 2. The number of hydrogen-bond donors (Lipinski definition) is 2. The van der Waals surface area contributed by atoms with Gasteiger partial charge in [0.15, 0.2) is 0 Å². The van der Waals surface area contributed by atoms with Crippen molar-refractivity contribution in [2.75, 3.05) is 12.8 Å². The van der Waals surface area contributed by atoms with E-state index in [1.807, 2.05) is 45.0 Å². The smallest absolute Gasteiger partial charge is 0.235 e. The van der Waals surface area contributed by atoms with Gasteiger partial charge in [-0.05, 0) is 18.9 Å². The van der Waals surface area contributed by atoms with Crippen LogP contribution in [0.5, 0.6) is 0 Å². The van der Waals surface area contributed by atoms with Crippen molar-refractivity contribution in [3.63, 3.8) is 0 Å². The molecule has 1 aromatic carbocycles. The van der Waals surface area contributed by atoms with Crippen LogP contribution in [0.4, 0.5) is 0 Å². The lowest BCUT2D eigenvalue weighted by Gasteiger charge is -2.21. The Balaban J connectivity index is 2.24. The average molecular weight is 338 g/mol. The molecule has 6 nitrogen and oxygen atoms in total. The second kappa shape index (κ2) is 6.72. The summed E-state index contributed by atoms with van der Waals surface area (Å²) >= 11 is 0. The first-order valence-corrected chi connectivity index (χ1v) is 9.30. The highest BCUT2D eigenvalue weighted by molar-refractivity contribution is 7.88. The minimum atomic E-state index is -3.40. The first kappa shape index (κ1) is 17.5. The molecule has 1 aromatic heterocycles. The quantitative estimate of drug-likeness (QED) is 0.844. The Bertz CT molecular complexity index is 809. The molecule has 23 heavy (non-hydrogen) atoms. The van der Waals surface area contributed by atoms with E-state index in [1.54, 1.807) is 0 Å². The van der Waals surface area contributed by atoms with Crippen LogP contribution in [0.1, 0.15) is 31.2 Å². The highest BCUT2D eigenvalue weighted by Crippen LogP contribution is 2.32. The Labute approximate surface area is 136 Å². The third-order valence-corrected chi connectivity index (χ3v) is 4.31. The van der Waals surface area contributed by atoms with Crippen molar-refractivity contribution in [1.82, 2.24) is 10.0 Å². The minimum absolute atomic E-state index is 0.0939. The first-order valence-electron chi connectivity index (χ1n) is 7.41. The van der Waals surface area contributed by atoms with Gasteiger partial charge in [-0.25, -0.2) is 13.1 Å². The summed E-state index contributed by atoms with van der Waals surface area (Å²) in [5, 5.41) is 3.86. The van der Waals surface area contributed by atoms with Crippen LogP contribution in [0.3, 0.4) is 0 Å². The minimum Gasteiger partial charge on any atom is -0.459 e. The van der Waals surface area contributed by atoms with Crippen molar-refractivity contribution >= 4 is 26.9 Å². The van der Waals surface area contributed by atoms with Gasteiger partial charge in [-0.3, -0.25) is 4.79 Å². The standard InChI is InChI=1S/C16H22N2O4S/c1-10(2)15(18-14(19)9-17-23(4,20)21)16-11(3)12-7-5-6-8-13(12)22-16/h5-8,10,15,17H,9H2,1-4H3,(H,18,19). The van der Waals surface area contributed by atoms with Gasteiger partial charge in [-0.2, -0.15) is 0 Å². The topological polar surface area (TPSA) is 88.4 Å². The van der Waals surface area contributed by atoms with Crippen LogP contribution < -0.4 is 10.0 Å². The van der Waals surface area contributed by atoms with E-state index in [9.17, 15) is 13.2 Å². The summed E-state index contributed by atoms with van der Waals surface area (Å²) in [6.45, 7) is 5.61. The van der Waals surface area contributed by atoms with E-state index < -0.39 is 15.9 Å². The molecule has 126 valence electrons. The molecule has 2 aromatic rings. The van der Waals surface area contributed by atoms with Gasteiger partial charge >= 0.3 is 0 Å². The summed E-state index contributed by atoms with van der Waals surface area (Å²) in [5.74, 6) is 0.402. The number of para-hydroxylation sites is 1. The highest BCUT2D eigenvalue weighted by atomic mass is 32.2.